The summed E-state index contributed by atoms with van der Waals surface area (Å²) in [6.45, 7) is 7.92. The van der Waals surface area contributed by atoms with Gasteiger partial charge in [-0.2, -0.15) is 0 Å². The highest BCUT2D eigenvalue weighted by Gasteiger charge is 2.41. The Hall–Kier alpha value is -0.980. The first-order valence-electron chi connectivity index (χ1n) is 10.3. The first-order chi connectivity index (χ1) is 12.6. The summed E-state index contributed by atoms with van der Waals surface area (Å²) < 4.78 is 0. The van der Waals surface area contributed by atoms with Gasteiger partial charge in [0.05, 0.1) is 10.7 Å². The summed E-state index contributed by atoms with van der Waals surface area (Å²) in [5.41, 5.74) is 0.915. The molecular weight excluding hydrogens is 344 g/mol. The standard InChI is InChI=1S/C20H32N4OS/c1-4-5-18-21-14(2)19(26-18)20(25)24-10-8-23(9-11-24)17-12-15-6-7-16(13-17)22(15)3/h15-17H,4-13H2,1-3H3. The lowest BCUT2D eigenvalue weighted by Crippen LogP contribution is -2.55. The van der Waals surface area contributed by atoms with Crippen molar-refractivity contribution >= 4 is 17.2 Å². The Morgan fingerprint density at radius 3 is 2.38 bits per heavy atom. The number of amides is 1. The highest BCUT2D eigenvalue weighted by Crippen LogP contribution is 2.36. The maximum atomic E-state index is 12.9. The lowest BCUT2D eigenvalue weighted by Gasteiger charge is -2.45. The lowest BCUT2D eigenvalue weighted by molar-refractivity contribution is 0.0345. The molecule has 2 atom stereocenters. The van der Waals surface area contributed by atoms with Gasteiger partial charge in [-0.25, -0.2) is 4.98 Å². The Bertz CT molecular complexity index is 638. The molecule has 3 aliphatic heterocycles. The molecular formula is C20H32N4OS. The van der Waals surface area contributed by atoms with E-state index in [1.165, 1.54) is 25.7 Å². The molecule has 4 heterocycles. The average molecular weight is 377 g/mol. The number of carbonyl (C=O) groups is 1. The van der Waals surface area contributed by atoms with Crippen molar-refractivity contribution in [3.8, 4) is 0 Å². The Morgan fingerprint density at radius 2 is 1.77 bits per heavy atom. The van der Waals surface area contributed by atoms with Crippen LogP contribution >= 0.6 is 11.3 Å². The van der Waals surface area contributed by atoms with Gasteiger partial charge in [-0.05, 0) is 52.5 Å². The third kappa shape index (κ3) is 3.43. The quantitative estimate of drug-likeness (QED) is 0.810. The molecule has 5 nitrogen and oxygen atoms in total. The molecule has 2 unspecified atom stereocenters. The highest BCUT2D eigenvalue weighted by atomic mass is 32.1. The molecule has 4 rings (SSSR count). The smallest absolute Gasteiger partial charge is 0.265 e. The van der Waals surface area contributed by atoms with E-state index in [1.54, 1.807) is 11.3 Å². The second-order valence-electron chi connectivity index (χ2n) is 8.28. The molecule has 1 aromatic rings. The van der Waals surface area contributed by atoms with Gasteiger partial charge in [0.25, 0.3) is 5.91 Å². The van der Waals surface area contributed by atoms with Gasteiger partial charge in [0.1, 0.15) is 4.88 Å². The number of aryl methyl sites for hydroxylation is 2. The molecule has 0 radical (unpaired) electrons. The minimum absolute atomic E-state index is 0.199. The number of piperazine rings is 1. The third-order valence-electron chi connectivity index (χ3n) is 6.69. The van der Waals surface area contributed by atoms with Crippen molar-refractivity contribution in [2.75, 3.05) is 33.2 Å². The molecule has 0 aromatic carbocycles. The number of hydrogen-bond acceptors (Lipinski definition) is 5. The van der Waals surface area contributed by atoms with Gasteiger partial charge in [-0.15, -0.1) is 11.3 Å². The zero-order chi connectivity index (χ0) is 18.3. The molecule has 1 aromatic heterocycles. The molecule has 1 amide bonds. The predicted molar refractivity (Wildman–Crippen MR) is 106 cm³/mol. The summed E-state index contributed by atoms with van der Waals surface area (Å²) in [7, 11) is 2.30. The van der Waals surface area contributed by atoms with Crippen LogP contribution in [-0.2, 0) is 6.42 Å². The molecule has 3 saturated heterocycles. The second kappa shape index (κ2) is 7.56. The Morgan fingerprint density at radius 1 is 1.12 bits per heavy atom. The first-order valence-corrected chi connectivity index (χ1v) is 11.1. The highest BCUT2D eigenvalue weighted by molar-refractivity contribution is 7.13. The SMILES string of the molecule is CCCc1nc(C)c(C(=O)N2CCN(C3CC4CCC(C3)N4C)CC2)s1. The second-order valence-corrected chi connectivity index (χ2v) is 9.36. The molecule has 0 N–H and O–H groups in total. The van der Waals surface area contributed by atoms with Crippen molar-refractivity contribution in [2.45, 2.75) is 70.5 Å². The largest absolute Gasteiger partial charge is 0.335 e. The predicted octanol–water partition coefficient (Wildman–Crippen LogP) is 2.79. The van der Waals surface area contributed by atoms with Crippen LogP contribution in [0.3, 0.4) is 0 Å². The van der Waals surface area contributed by atoms with Gasteiger partial charge in [0.2, 0.25) is 0 Å². The molecule has 6 heteroatoms. The van der Waals surface area contributed by atoms with Crippen LogP contribution in [0.15, 0.2) is 0 Å². The zero-order valence-corrected chi connectivity index (χ0v) is 17.2. The van der Waals surface area contributed by atoms with Crippen LogP contribution in [0.4, 0.5) is 0 Å². The van der Waals surface area contributed by atoms with Gasteiger partial charge in [-0.1, -0.05) is 6.92 Å². The van der Waals surface area contributed by atoms with Crippen molar-refractivity contribution in [1.29, 1.82) is 0 Å². The molecule has 2 bridgehead atoms. The van der Waals surface area contributed by atoms with E-state index in [-0.39, 0.29) is 5.91 Å². The molecule has 3 fully saturated rings. The van der Waals surface area contributed by atoms with Gasteiger partial charge < -0.3 is 9.80 Å². The number of piperidine rings is 1. The van der Waals surface area contributed by atoms with E-state index in [0.717, 1.165) is 72.7 Å². The number of aromatic nitrogens is 1. The summed E-state index contributed by atoms with van der Waals surface area (Å²) in [5, 5.41) is 1.11. The zero-order valence-electron chi connectivity index (χ0n) is 16.4. The monoisotopic (exact) mass is 376 g/mol. The molecule has 144 valence electrons. The molecule has 0 aliphatic carbocycles. The first kappa shape index (κ1) is 18.4. The summed E-state index contributed by atoms with van der Waals surface area (Å²) in [6, 6.07) is 2.30. The fraction of sp³-hybridized carbons (Fsp3) is 0.800. The van der Waals surface area contributed by atoms with Crippen LogP contribution in [-0.4, -0.2) is 76.9 Å². The van der Waals surface area contributed by atoms with E-state index >= 15 is 0 Å². The van der Waals surface area contributed by atoms with E-state index < -0.39 is 0 Å². The van der Waals surface area contributed by atoms with Crippen LogP contribution in [0.5, 0.6) is 0 Å². The minimum atomic E-state index is 0.199. The van der Waals surface area contributed by atoms with E-state index in [9.17, 15) is 4.79 Å². The van der Waals surface area contributed by atoms with Crippen LogP contribution in [0.2, 0.25) is 0 Å². The Balaban J connectivity index is 1.34. The van der Waals surface area contributed by atoms with Crippen molar-refractivity contribution in [3.63, 3.8) is 0 Å². The van der Waals surface area contributed by atoms with Crippen LogP contribution in [0.25, 0.3) is 0 Å². The van der Waals surface area contributed by atoms with E-state index in [2.05, 4.69) is 33.7 Å². The lowest BCUT2D eigenvalue weighted by atomic mass is 9.96. The summed E-state index contributed by atoms with van der Waals surface area (Å²) in [4.78, 5) is 25.7. The average Bonchev–Trinajstić information content (AvgIpc) is 3.08. The van der Waals surface area contributed by atoms with E-state index in [0.29, 0.717) is 0 Å². The number of rotatable bonds is 4. The molecule has 3 aliphatic rings. The molecule has 0 saturated carbocycles. The van der Waals surface area contributed by atoms with E-state index in [4.69, 9.17) is 0 Å². The van der Waals surface area contributed by atoms with Crippen molar-refractivity contribution in [2.24, 2.45) is 0 Å². The Kier molecular flexibility index (Phi) is 5.35. The normalized spacial score (nSPS) is 30.1. The third-order valence-corrected chi connectivity index (χ3v) is 7.90. The van der Waals surface area contributed by atoms with Crippen LogP contribution in [0.1, 0.15) is 59.4 Å². The van der Waals surface area contributed by atoms with E-state index in [1.807, 2.05) is 6.92 Å². The van der Waals surface area contributed by atoms with Crippen molar-refractivity contribution < 1.29 is 4.79 Å². The Labute approximate surface area is 161 Å². The van der Waals surface area contributed by atoms with Gasteiger partial charge in [-0.3, -0.25) is 9.69 Å². The maximum absolute atomic E-state index is 12.9. The summed E-state index contributed by atoms with van der Waals surface area (Å²) >= 11 is 1.60. The summed E-state index contributed by atoms with van der Waals surface area (Å²) in [6.07, 6.45) is 7.44. The fourth-order valence-electron chi connectivity index (χ4n) is 5.09. The number of hydrogen-bond donors (Lipinski definition) is 0. The van der Waals surface area contributed by atoms with Crippen molar-refractivity contribution in [3.05, 3.63) is 15.6 Å². The topological polar surface area (TPSA) is 39.7 Å². The number of thiazole rings is 1. The number of nitrogens with zero attached hydrogens (tertiary/aromatic N) is 4. The summed E-state index contributed by atoms with van der Waals surface area (Å²) in [5.74, 6) is 0.199. The van der Waals surface area contributed by atoms with Crippen LogP contribution in [0, 0.1) is 6.92 Å². The van der Waals surface area contributed by atoms with Gasteiger partial charge >= 0.3 is 0 Å². The number of fused-ring (bicyclic) bond motifs is 2. The fourth-order valence-corrected chi connectivity index (χ4v) is 6.22. The molecule has 26 heavy (non-hydrogen) atoms. The molecule has 0 spiro atoms. The van der Waals surface area contributed by atoms with Gasteiger partial charge in [0.15, 0.2) is 0 Å². The maximum Gasteiger partial charge on any atom is 0.265 e. The van der Waals surface area contributed by atoms with Crippen molar-refractivity contribution in [1.82, 2.24) is 19.7 Å². The minimum Gasteiger partial charge on any atom is -0.335 e. The van der Waals surface area contributed by atoms with Crippen LogP contribution < -0.4 is 0 Å². The number of carbonyl (C=O) groups excluding carboxylic acids is 1. The van der Waals surface area contributed by atoms with Gasteiger partial charge in [0, 0.05) is 44.3 Å².